The summed E-state index contributed by atoms with van der Waals surface area (Å²) in [5.41, 5.74) is 3.05. The first kappa shape index (κ1) is 31.3. The molecule has 3 aromatic heterocycles. The maximum absolute atomic E-state index is 16.1. The first-order valence-corrected chi connectivity index (χ1v) is 16.8. The summed E-state index contributed by atoms with van der Waals surface area (Å²) in [4.78, 5) is 15.8. The lowest BCUT2D eigenvalue weighted by molar-refractivity contribution is -0.0516. The summed E-state index contributed by atoms with van der Waals surface area (Å²) in [7, 11) is 0. The van der Waals surface area contributed by atoms with E-state index in [4.69, 9.17) is 48.3 Å². The second kappa shape index (κ2) is 13.0. The summed E-state index contributed by atoms with van der Waals surface area (Å²) in [5, 5.41) is 28.8. The van der Waals surface area contributed by atoms with Crippen molar-refractivity contribution in [3.63, 3.8) is 0 Å². The zero-order chi connectivity index (χ0) is 31.0. The van der Waals surface area contributed by atoms with Crippen molar-refractivity contribution in [2.45, 2.75) is 44.0 Å². The highest BCUT2D eigenvalue weighted by Gasteiger charge is 2.51. The molecule has 1 saturated heterocycles. The molecule has 6 rings (SSSR count). The van der Waals surface area contributed by atoms with Crippen LogP contribution in [-0.4, -0.2) is 96.1 Å². The smallest absolute Gasteiger partial charge is 0.327 e. The van der Waals surface area contributed by atoms with Crippen molar-refractivity contribution in [1.82, 2.24) is 34.5 Å². The van der Waals surface area contributed by atoms with E-state index >= 15 is 4.39 Å². The number of rotatable bonds is 12. The quantitative estimate of drug-likeness (QED) is 0.0987. The third kappa shape index (κ3) is 5.73. The molecule has 1 aliphatic carbocycles. The van der Waals surface area contributed by atoms with Crippen LogP contribution in [0, 0.1) is 25.3 Å². The normalized spacial score (nSPS) is 28.2. The topological polar surface area (TPSA) is 156 Å². The maximum Gasteiger partial charge on any atom is 0.327 e. The Morgan fingerprint density at radius 3 is 2.84 bits per heavy atom. The molecule has 1 aromatic carbocycles. The number of imidazole rings is 1. The number of ether oxygens (including phenoxy) is 1. The van der Waals surface area contributed by atoms with Crippen molar-refractivity contribution in [1.29, 1.82) is 0 Å². The second-order valence-corrected chi connectivity index (χ2v) is 13.9. The van der Waals surface area contributed by atoms with Crippen LogP contribution < -0.4 is 0 Å². The molecule has 44 heavy (non-hydrogen) atoms. The van der Waals surface area contributed by atoms with Gasteiger partial charge < -0.3 is 33.4 Å². The number of aryl methyl sites for hydroxylation is 1. The van der Waals surface area contributed by atoms with Crippen molar-refractivity contribution >= 4 is 52.3 Å². The highest BCUT2D eigenvalue weighted by atomic mass is 35.5. The Kier molecular flexibility index (Phi) is 9.21. The molecule has 0 radical (unpaired) electrons. The lowest BCUT2D eigenvalue weighted by Gasteiger charge is -2.44. The van der Waals surface area contributed by atoms with E-state index in [0.717, 1.165) is 5.56 Å². The van der Waals surface area contributed by atoms with Gasteiger partial charge in [0.15, 0.2) is 23.2 Å². The van der Waals surface area contributed by atoms with E-state index in [1.54, 1.807) is 18.5 Å². The Morgan fingerprint density at radius 2 is 2.07 bits per heavy atom. The zero-order valence-corrected chi connectivity index (χ0v) is 25.9. The van der Waals surface area contributed by atoms with Gasteiger partial charge in [0.2, 0.25) is 6.54 Å². The number of aliphatic hydroxyl groups excluding tert-OH is 2. The number of alkyl halides is 1. The van der Waals surface area contributed by atoms with E-state index in [2.05, 4.69) is 30.1 Å². The summed E-state index contributed by atoms with van der Waals surface area (Å²) < 4.78 is 42.9. The third-order valence-electron chi connectivity index (χ3n) is 8.07. The molecule has 1 aliphatic heterocycles. The fourth-order valence-electron chi connectivity index (χ4n) is 5.71. The van der Waals surface area contributed by atoms with Gasteiger partial charge in [0.1, 0.15) is 36.2 Å². The van der Waals surface area contributed by atoms with Crippen LogP contribution in [0.2, 0.25) is 5.15 Å². The minimum Gasteiger partial charge on any atom is -0.396 e. The van der Waals surface area contributed by atoms with Gasteiger partial charge >= 0.3 is 6.72 Å². The van der Waals surface area contributed by atoms with Gasteiger partial charge in [0.05, 0.1) is 25.1 Å². The van der Waals surface area contributed by atoms with Gasteiger partial charge in [-0.2, -0.15) is 0 Å². The largest absolute Gasteiger partial charge is 0.396 e. The Hall–Kier alpha value is -2.71. The summed E-state index contributed by atoms with van der Waals surface area (Å²) >= 11 is 11.8. The number of nitrogens with zero attached hydrogens (tertiary/aromatic N) is 8. The van der Waals surface area contributed by atoms with Gasteiger partial charge in [-0.05, 0) is 42.7 Å². The highest BCUT2D eigenvalue weighted by molar-refractivity contribution is 8.07. The van der Waals surface area contributed by atoms with Gasteiger partial charge in [0.25, 0.3) is 0 Å². The zero-order valence-electron chi connectivity index (χ0n) is 23.4. The van der Waals surface area contributed by atoms with Crippen LogP contribution in [0.5, 0.6) is 0 Å². The maximum atomic E-state index is 16.1. The van der Waals surface area contributed by atoms with Gasteiger partial charge in [-0.15, -0.1) is 5.10 Å². The molecule has 1 unspecified atom stereocenters. The monoisotopic (exact) mass is 666 g/mol. The summed E-state index contributed by atoms with van der Waals surface area (Å²) in [6, 6.07) is 5.29. The fraction of sp³-hybridized carbons (Fsp3) is 0.538. The number of fused-ring (bicyclic) bond motifs is 2. The number of halogens is 2. The summed E-state index contributed by atoms with van der Waals surface area (Å²) in [5.74, 6) is -0.391. The van der Waals surface area contributed by atoms with Crippen molar-refractivity contribution in [3.8, 4) is 0 Å². The van der Waals surface area contributed by atoms with Crippen LogP contribution in [0.1, 0.15) is 24.3 Å². The molecule has 2 aliphatic rings. The van der Waals surface area contributed by atoms with Gasteiger partial charge in [-0.1, -0.05) is 28.9 Å². The van der Waals surface area contributed by atoms with Gasteiger partial charge in [0, 0.05) is 18.6 Å². The van der Waals surface area contributed by atoms with Crippen LogP contribution in [0.4, 0.5) is 4.39 Å². The predicted molar refractivity (Wildman–Crippen MR) is 159 cm³/mol. The van der Waals surface area contributed by atoms with Crippen molar-refractivity contribution in [2.24, 2.45) is 11.8 Å². The molecule has 2 fully saturated rings. The molecule has 4 aromatic rings. The van der Waals surface area contributed by atoms with Gasteiger partial charge in [-0.25, -0.2) is 30.6 Å². The minimum atomic E-state index is -3.67. The fourth-order valence-corrected chi connectivity index (χ4v) is 8.02. The Morgan fingerprint density at radius 1 is 1.23 bits per heavy atom. The molecule has 2 N–H and O–H groups in total. The van der Waals surface area contributed by atoms with Gasteiger partial charge in [-0.3, -0.25) is 4.52 Å². The SMILES string of the molecule is [C-]#[N+]CCOP(=S)(OC[C@H]1C[C@@H](n2cnc3c(Cl)ncnc32)[C@@H]1CO)O[C@H]1[C@@H](F)[C@H](n2nnc3c(C)cccc32)O[C@@H]1CO. The van der Waals surface area contributed by atoms with Crippen LogP contribution in [0.3, 0.4) is 0 Å². The molecule has 4 heterocycles. The van der Waals surface area contributed by atoms with E-state index in [1.165, 1.54) is 11.0 Å². The third-order valence-corrected chi connectivity index (χ3v) is 10.7. The Labute approximate surface area is 261 Å². The first-order chi connectivity index (χ1) is 21.3. The van der Waals surface area contributed by atoms with E-state index < -0.39 is 37.9 Å². The molecule has 0 bridgehead atoms. The average molecular weight is 667 g/mol. The molecule has 234 valence electrons. The average Bonchev–Trinajstić information content (AvgIpc) is 3.70. The van der Waals surface area contributed by atoms with Crippen molar-refractivity contribution in [3.05, 3.63) is 53.0 Å². The minimum absolute atomic E-state index is 0.00936. The van der Waals surface area contributed by atoms with E-state index in [-0.39, 0.29) is 49.4 Å². The molecule has 8 atom stereocenters. The molecule has 1 saturated carbocycles. The Bertz CT molecular complexity index is 1740. The summed E-state index contributed by atoms with van der Waals surface area (Å²) in [6.07, 6.45) is -1.95. The van der Waals surface area contributed by atoms with Crippen LogP contribution in [-0.2, 0) is 30.1 Å². The number of hydrogen-bond acceptors (Lipinski definition) is 12. The molecule has 0 amide bonds. The van der Waals surface area contributed by atoms with E-state index in [9.17, 15) is 10.2 Å². The van der Waals surface area contributed by atoms with E-state index in [1.807, 2.05) is 17.6 Å². The molecule has 14 nitrogen and oxygen atoms in total. The molecule has 18 heteroatoms. The lowest BCUT2D eigenvalue weighted by atomic mass is 9.70. The number of benzene rings is 1. The molecule has 0 spiro atoms. The number of aliphatic hydroxyl groups is 2. The van der Waals surface area contributed by atoms with E-state index in [0.29, 0.717) is 28.6 Å². The molecular formula is C26H29ClFN8O6PS. The molecular weight excluding hydrogens is 638 g/mol. The summed E-state index contributed by atoms with van der Waals surface area (Å²) in [6.45, 7) is 4.53. The standard InChI is InChI=1S/C26H29ClFN8O6PS/c1-14-4-3-5-17-21(14)33-34-36(17)26-20(28)23(19(10-38)41-26)42-43(44,39-7-6-29-2)40-11-15-8-18(16(15)9-37)35-13-32-22-24(27)30-12-31-25(22)35/h3-5,12-13,15-16,18-20,23,26,37-38H,6-11H2,1H3/t15-,16-,18-,19-,20-,23-,26-,43?/m1/s1. The second-order valence-electron chi connectivity index (χ2n) is 10.6. The lowest BCUT2D eigenvalue weighted by Crippen LogP contribution is -2.43. The highest BCUT2D eigenvalue weighted by Crippen LogP contribution is 2.56. The Balaban J connectivity index is 1.17. The van der Waals surface area contributed by atoms with Crippen LogP contribution >= 0.6 is 18.3 Å². The predicted octanol–water partition coefficient (Wildman–Crippen LogP) is 3.19. The van der Waals surface area contributed by atoms with Crippen molar-refractivity contribution in [2.75, 3.05) is 33.0 Å². The first-order valence-electron chi connectivity index (χ1n) is 13.8. The number of aromatic nitrogens is 7. The number of hydrogen-bond donors (Lipinski definition) is 2. The van der Waals surface area contributed by atoms with Crippen LogP contribution in [0.15, 0.2) is 30.9 Å². The van der Waals surface area contributed by atoms with Crippen LogP contribution in [0.25, 0.3) is 27.0 Å². The van der Waals surface area contributed by atoms with Crippen molar-refractivity contribution < 1.29 is 32.9 Å².